The Morgan fingerprint density at radius 2 is 1.72 bits per heavy atom. The summed E-state index contributed by atoms with van der Waals surface area (Å²) in [6, 6.07) is 22.5. The van der Waals surface area contributed by atoms with Crippen LogP contribution in [-0.4, -0.2) is 28.5 Å². The molecule has 0 saturated carbocycles. The van der Waals surface area contributed by atoms with Gasteiger partial charge in [0.1, 0.15) is 11.2 Å². The molecule has 4 heterocycles. The summed E-state index contributed by atoms with van der Waals surface area (Å²) in [5.41, 5.74) is 7.51. The summed E-state index contributed by atoms with van der Waals surface area (Å²) < 4.78 is 5.41. The lowest BCUT2D eigenvalue weighted by atomic mass is 9.97. The molecule has 0 unspecified atom stereocenters. The van der Waals surface area contributed by atoms with E-state index >= 15 is 0 Å². The van der Waals surface area contributed by atoms with E-state index < -0.39 is 0 Å². The normalized spacial score (nSPS) is 11.7. The molecule has 0 amide bonds. The molecule has 0 aliphatic heterocycles. The van der Waals surface area contributed by atoms with Gasteiger partial charge in [-0.3, -0.25) is 13.5 Å². The summed E-state index contributed by atoms with van der Waals surface area (Å²) in [6.45, 7) is 4.74. The Balaban J connectivity index is 1.39. The second-order valence-corrected chi connectivity index (χ2v) is 9.34. The predicted molar refractivity (Wildman–Crippen MR) is 142 cm³/mol. The van der Waals surface area contributed by atoms with E-state index in [1.165, 1.54) is 5.56 Å². The zero-order chi connectivity index (χ0) is 24.8. The van der Waals surface area contributed by atoms with Crippen molar-refractivity contribution in [3.63, 3.8) is 0 Å². The van der Waals surface area contributed by atoms with Gasteiger partial charge in [0.2, 0.25) is 0 Å². The molecule has 7 nitrogen and oxygen atoms in total. The summed E-state index contributed by atoms with van der Waals surface area (Å²) in [4.78, 5) is 27.0. The topological polar surface area (TPSA) is 70.0 Å². The summed E-state index contributed by atoms with van der Waals surface area (Å²) >= 11 is 0. The molecule has 0 radical (unpaired) electrons. The first kappa shape index (κ1) is 22.0. The minimum Gasteiger partial charge on any atom is -0.300 e. The maximum absolute atomic E-state index is 13.2. The van der Waals surface area contributed by atoms with Crippen LogP contribution in [0.4, 0.5) is 0 Å². The molecule has 178 valence electrons. The Morgan fingerprint density at radius 1 is 0.917 bits per heavy atom. The number of hydrogen-bond acceptors (Lipinski definition) is 4. The van der Waals surface area contributed by atoms with Gasteiger partial charge in [-0.05, 0) is 34.7 Å². The van der Waals surface area contributed by atoms with E-state index in [1.807, 2.05) is 36.5 Å². The first-order valence-corrected chi connectivity index (χ1v) is 12.0. The van der Waals surface area contributed by atoms with E-state index in [0.29, 0.717) is 29.5 Å². The van der Waals surface area contributed by atoms with Crippen LogP contribution in [0.5, 0.6) is 0 Å². The summed E-state index contributed by atoms with van der Waals surface area (Å²) in [7, 11) is 1.77. The van der Waals surface area contributed by atoms with Crippen LogP contribution in [0.1, 0.15) is 30.9 Å². The highest BCUT2D eigenvalue weighted by atomic mass is 16.1. The van der Waals surface area contributed by atoms with Crippen molar-refractivity contribution in [2.45, 2.75) is 26.3 Å². The largest absolute Gasteiger partial charge is 0.330 e. The number of pyridine rings is 1. The highest BCUT2D eigenvalue weighted by Gasteiger charge is 2.17. The molecule has 6 aromatic rings. The number of aryl methyl sites for hydroxylation is 1. The molecule has 0 atom stereocenters. The number of hydrogen-bond donors (Lipinski definition) is 0. The fourth-order valence-electron chi connectivity index (χ4n) is 4.80. The van der Waals surface area contributed by atoms with E-state index in [-0.39, 0.29) is 5.69 Å². The third-order valence-electron chi connectivity index (χ3n) is 6.73. The minimum absolute atomic E-state index is 0.110. The van der Waals surface area contributed by atoms with Crippen LogP contribution < -0.4 is 5.69 Å². The van der Waals surface area contributed by atoms with Gasteiger partial charge in [0.05, 0.1) is 18.4 Å². The van der Waals surface area contributed by atoms with Crippen molar-refractivity contribution in [3.05, 3.63) is 107 Å². The van der Waals surface area contributed by atoms with Gasteiger partial charge in [0.25, 0.3) is 0 Å². The SMILES string of the molecule is CC(C)c1ccccc1-c1ncc2c(n1)n(Cc1ccc(-c3cccc4nccn34)cc1)c(=O)n2C. The van der Waals surface area contributed by atoms with Crippen LogP contribution in [0.25, 0.3) is 39.5 Å². The van der Waals surface area contributed by atoms with E-state index in [0.717, 1.165) is 28.0 Å². The summed E-state index contributed by atoms with van der Waals surface area (Å²) in [6.07, 6.45) is 5.51. The van der Waals surface area contributed by atoms with Crippen LogP contribution in [0.3, 0.4) is 0 Å². The number of fused-ring (bicyclic) bond motifs is 2. The third-order valence-corrected chi connectivity index (χ3v) is 6.73. The highest BCUT2D eigenvalue weighted by Crippen LogP contribution is 2.28. The van der Waals surface area contributed by atoms with Crippen molar-refractivity contribution >= 4 is 16.8 Å². The monoisotopic (exact) mass is 474 g/mol. The zero-order valence-electron chi connectivity index (χ0n) is 20.5. The van der Waals surface area contributed by atoms with Crippen LogP contribution in [0.15, 0.2) is 90.1 Å². The Kier molecular flexibility index (Phi) is 5.25. The smallest absolute Gasteiger partial charge is 0.300 e. The second-order valence-electron chi connectivity index (χ2n) is 9.34. The Labute approximate surface area is 208 Å². The van der Waals surface area contributed by atoms with Crippen molar-refractivity contribution in [3.8, 4) is 22.6 Å². The number of rotatable bonds is 5. The summed E-state index contributed by atoms with van der Waals surface area (Å²) in [5, 5.41) is 0. The summed E-state index contributed by atoms with van der Waals surface area (Å²) in [5.74, 6) is 0.972. The standard InChI is InChI=1S/C29H26N6O/c1-19(2)22-7-4-5-8-23(22)27-31-17-25-28(32-27)35(29(36)33(25)3)18-20-11-13-21(14-12-20)24-9-6-10-26-30-15-16-34(24)26/h4-17,19H,18H2,1-3H3. The molecule has 0 aliphatic carbocycles. The lowest BCUT2D eigenvalue weighted by Crippen LogP contribution is -2.22. The van der Waals surface area contributed by atoms with Crippen LogP contribution >= 0.6 is 0 Å². The highest BCUT2D eigenvalue weighted by molar-refractivity contribution is 5.74. The Hall–Kier alpha value is -4.52. The van der Waals surface area contributed by atoms with Crippen molar-refractivity contribution < 1.29 is 0 Å². The third kappa shape index (κ3) is 3.60. The van der Waals surface area contributed by atoms with Crippen molar-refractivity contribution in [1.29, 1.82) is 0 Å². The average Bonchev–Trinajstić information content (AvgIpc) is 3.48. The molecular formula is C29H26N6O. The molecule has 36 heavy (non-hydrogen) atoms. The number of imidazole rings is 2. The van der Waals surface area contributed by atoms with Crippen LogP contribution in [0.2, 0.25) is 0 Å². The fraction of sp³-hybridized carbons (Fsp3) is 0.172. The minimum atomic E-state index is -0.110. The molecular weight excluding hydrogens is 448 g/mol. The van der Waals surface area contributed by atoms with Gasteiger partial charge in [-0.25, -0.2) is 19.7 Å². The van der Waals surface area contributed by atoms with Gasteiger partial charge in [-0.15, -0.1) is 0 Å². The number of benzene rings is 2. The molecule has 4 aromatic heterocycles. The maximum atomic E-state index is 13.2. The van der Waals surface area contributed by atoms with Crippen molar-refractivity contribution in [2.24, 2.45) is 7.05 Å². The average molecular weight is 475 g/mol. The quantitative estimate of drug-likeness (QED) is 0.341. The number of aromatic nitrogens is 6. The van der Waals surface area contributed by atoms with Gasteiger partial charge in [-0.1, -0.05) is 68.4 Å². The van der Waals surface area contributed by atoms with E-state index in [9.17, 15) is 4.79 Å². The van der Waals surface area contributed by atoms with Crippen LogP contribution in [0, 0.1) is 0 Å². The molecule has 7 heteroatoms. The van der Waals surface area contributed by atoms with Gasteiger partial charge in [0.15, 0.2) is 11.5 Å². The lowest BCUT2D eigenvalue weighted by Gasteiger charge is -2.12. The fourth-order valence-corrected chi connectivity index (χ4v) is 4.80. The van der Waals surface area contributed by atoms with Crippen molar-refractivity contribution in [1.82, 2.24) is 28.5 Å². The molecule has 0 N–H and O–H groups in total. The van der Waals surface area contributed by atoms with Gasteiger partial charge >= 0.3 is 5.69 Å². The second kappa shape index (κ2) is 8.61. The molecule has 6 rings (SSSR count). The molecule has 0 saturated heterocycles. The van der Waals surface area contributed by atoms with Gasteiger partial charge in [0, 0.05) is 25.0 Å². The Morgan fingerprint density at radius 3 is 2.53 bits per heavy atom. The first-order valence-electron chi connectivity index (χ1n) is 12.0. The molecule has 2 aromatic carbocycles. The van der Waals surface area contributed by atoms with Gasteiger partial charge < -0.3 is 0 Å². The van der Waals surface area contributed by atoms with E-state index in [4.69, 9.17) is 4.98 Å². The molecule has 0 aliphatic rings. The lowest BCUT2D eigenvalue weighted by molar-refractivity contribution is 0.731. The number of nitrogens with zero attached hydrogens (tertiary/aromatic N) is 6. The van der Waals surface area contributed by atoms with E-state index in [2.05, 4.69) is 64.6 Å². The molecule has 0 bridgehead atoms. The first-order chi connectivity index (χ1) is 17.5. The van der Waals surface area contributed by atoms with Crippen LogP contribution in [-0.2, 0) is 13.6 Å². The van der Waals surface area contributed by atoms with Crippen molar-refractivity contribution in [2.75, 3.05) is 0 Å². The zero-order valence-corrected chi connectivity index (χ0v) is 20.5. The predicted octanol–water partition coefficient (Wildman–Crippen LogP) is 5.28. The van der Waals surface area contributed by atoms with Gasteiger partial charge in [-0.2, -0.15) is 0 Å². The maximum Gasteiger partial charge on any atom is 0.330 e. The molecule has 0 spiro atoms. The Bertz CT molecular complexity index is 1770. The van der Waals surface area contributed by atoms with E-state index in [1.54, 1.807) is 28.6 Å². The molecule has 0 fully saturated rings.